The predicted octanol–water partition coefficient (Wildman–Crippen LogP) is 4.47. The van der Waals surface area contributed by atoms with Crippen molar-refractivity contribution in [2.24, 2.45) is 12.8 Å². The molecule has 8 nitrogen and oxygen atoms in total. The molecule has 8 heteroatoms. The first-order valence-corrected chi connectivity index (χ1v) is 13.3. The monoisotopic (exact) mass is 536 g/mol. The molecule has 40 heavy (non-hydrogen) atoms. The highest BCUT2D eigenvalue weighted by molar-refractivity contribution is 6.00. The molecule has 4 N–H and O–H groups in total. The standard InChI is InChI=1S/C32H32N4O4/c1-20-25(8-5-9-26(20)27-6-3-4-7-28(27)30(33)38)22-18-29(32(40)35(2)19-22)34-23-12-10-21(11-13-23)31(39)36-16-14-24(37)15-17-36/h3-13,18-19,24,34,37H,14-17H2,1-2H3,(H2,33,38). The minimum Gasteiger partial charge on any atom is -0.393 e. The normalized spacial score (nSPS) is 13.7. The number of nitrogens with zero attached hydrogens (tertiary/aromatic N) is 2. The SMILES string of the molecule is Cc1c(-c2cc(Nc3ccc(C(=O)N4CCC(O)CC4)cc3)c(=O)n(C)c2)cccc1-c1ccccc1C(N)=O. The molecule has 1 aromatic heterocycles. The number of carbonyl (C=O) groups is 2. The van der Waals surface area contributed by atoms with E-state index in [-0.39, 0.29) is 17.6 Å². The van der Waals surface area contributed by atoms with Crippen molar-refractivity contribution in [1.29, 1.82) is 0 Å². The number of primary amides is 1. The van der Waals surface area contributed by atoms with Gasteiger partial charge in [0.25, 0.3) is 11.5 Å². The number of aryl methyl sites for hydroxylation is 1. The molecule has 204 valence electrons. The molecule has 5 rings (SSSR count). The predicted molar refractivity (Wildman–Crippen MR) is 157 cm³/mol. The number of pyridine rings is 1. The van der Waals surface area contributed by atoms with Gasteiger partial charge >= 0.3 is 0 Å². The van der Waals surface area contributed by atoms with Crippen LogP contribution in [0.25, 0.3) is 22.3 Å². The Morgan fingerprint density at radius 1 is 0.925 bits per heavy atom. The van der Waals surface area contributed by atoms with Gasteiger partial charge in [0.15, 0.2) is 0 Å². The maximum absolute atomic E-state index is 13.0. The molecule has 0 atom stereocenters. The van der Waals surface area contributed by atoms with E-state index >= 15 is 0 Å². The molecule has 2 heterocycles. The van der Waals surface area contributed by atoms with Gasteiger partial charge < -0.3 is 25.6 Å². The van der Waals surface area contributed by atoms with Crippen molar-refractivity contribution in [2.45, 2.75) is 25.9 Å². The summed E-state index contributed by atoms with van der Waals surface area (Å²) in [4.78, 5) is 39.7. The third kappa shape index (κ3) is 5.39. The fourth-order valence-electron chi connectivity index (χ4n) is 5.22. The van der Waals surface area contributed by atoms with Gasteiger partial charge in [-0.2, -0.15) is 0 Å². The quantitative estimate of drug-likeness (QED) is 0.336. The van der Waals surface area contributed by atoms with E-state index in [2.05, 4.69) is 5.32 Å². The van der Waals surface area contributed by atoms with E-state index in [0.29, 0.717) is 48.4 Å². The number of aliphatic hydroxyl groups excluding tert-OH is 1. The molecule has 1 fully saturated rings. The first-order chi connectivity index (χ1) is 19.2. The van der Waals surface area contributed by atoms with Crippen LogP contribution in [0.15, 0.2) is 83.8 Å². The number of rotatable bonds is 6. The summed E-state index contributed by atoms with van der Waals surface area (Å²) < 4.78 is 1.53. The number of nitrogens with two attached hydrogens (primary N) is 1. The summed E-state index contributed by atoms with van der Waals surface area (Å²) in [5.74, 6) is -0.555. The highest BCUT2D eigenvalue weighted by Crippen LogP contribution is 2.34. The Labute approximate surface area is 232 Å². The van der Waals surface area contributed by atoms with E-state index in [1.165, 1.54) is 4.57 Å². The fraction of sp³-hybridized carbons (Fsp3) is 0.219. The Balaban J connectivity index is 1.43. The molecule has 4 aromatic rings. The van der Waals surface area contributed by atoms with Gasteiger partial charge in [0.2, 0.25) is 5.91 Å². The molecule has 1 saturated heterocycles. The topological polar surface area (TPSA) is 118 Å². The molecule has 2 amide bonds. The summed E-state index contributed by atoms with van der Waals surface area (Å²) in [7, 11) is 1.70. The van der Waals surface area contributed by atoms with Crippen molar-refractivity contribution in [2.75, 3.05) is 18.4 Å². The lowest BCUT2D eigenvalue weighted by molar-refractivity contribution is 0.0546. The van der Waals surface area contributed by atoms with Crippen LogP contribution in [0.2, 0.25) is 0 Å². The molecule has 0 bridgehead atoms. The second-order valence-corrected chi connectivity index (χ2v) is 10.2. The highest BCUT2D eigenvalue weighted by atomic mass is 16.3. The number of anilines is 2. The number of aromatic nitrogens is 1. The zero-order chi connectivity index (χ0) is 28.4. The largest absolute Gasteiger partial charge is 0.393 e. The van der Waals surface area contributed by atoms with Crippen LogP contribution in [-0.4, -0.2) is 45.6 Å². The van der Waals surface area contributed by atoms with Crippen LogP contribution >= 0.6 is 0 Å². The molecule has 0 unspecified atom stereocenters. The Bertz CT molecular complexity index is 1630. The number of carbonyl (C=O) groups excluding carboxylic acids is 2. The van der Waals surface area contributed by atoms with Crippen molar-refractivity contribution in [1.82, 2.24) is 9.47 Å². The molecule has 3 aromatic carbocycles. The summed E-state index contributed by atoms with van der Waals surface area (Å²) in [6, 6.07) is 22.0. The van der Waals surface area contributed by atoms with E-state index in [9.17, 15) is 19.5 Å². The first kappa shape index (κ1) is 26.9. The lowest BCUT2D eigenvalue weighted by Gasteiger charge is -2.29. The van der Waals surface area contributed by atoms with Crippen molar-refractivity contribution < 1.29 is 14.7 Å². The smallest absolute Gasteiger partial charge is 0.274 e. The van der Waals surface area contributed by atoms with Gasteiger partial charge in [0.1, 0.15) is 5.69 Å². The number of nitrogens with one attached hydrogen (secondary N) is 1. The summed E-state index contributed by atoms with van der Waals surface area (Å²) in [6.07, 6.45) is 2.62. The van der Waals surface area contributed by atoms with E-state index in [4.69, 9.17) is 5.73 Å². The molecule has 0 saturated carbocycles. The Hall–Kier alpha value is -4.69. The number of aliphatic hydroxyl groups is 1. The molecule has 1 aliphatic heterocycles. The van der Waals surface area contributed by atoms with Crippen LogP contribution in [0.1, 0.15) is 39.1 Å². The fourth-order valence-corrected chi connectivity index (χ4v) is 5.22. The Morgan fingerprint density at radius 2 is 1.57 bits per heavy atom. The van der Waals surface area contributed by atoms with Gasteiger partial charge in [0, 0.05) is 48.7 Å². The van der Waals surface area contributed by atoms with Crippen molar-refractivity contribution in [3.8, 4) is 22.3 Å². The first-order valence-electron chi connectivity index (χ1n) is 13.3. The number of hydrogen-bond donors (Lipinski definition) is 3. The lowest BCUT2D eigenvalue weighted by atomic mass is 9.91. The Morgan fingerprint density at radius 3 is 2.27 bits per heavy atom. The van der Waals surface area contributed by atoms with Crippen molar-refractivity contribution >= 4 is 23.2 Å². The third-order valence-electron chi connectivity index (χ3n) is 7.47. The number of piperidine rings is 1. The van der Waals surface area contributed by atoms with E-state index in [1.54, 1.807) is 54.5 Å². The summed E-state index contributed by atoms with van der Waals surface area (Å²) in [5, 5.41) is 12.9. The van der Waals surface area contributed by atoms with E-state index in [1.807, 2.05) is 43.3 Å². The van der Waals surface area contributed by atoms with Crippen LogP contribution in [0, 0.1) is 6.92 Å². The maximum atomic E-state index is 13.0. The zero-order valence-corrected chi connectivity index (χ0v) is 22.6. The zero-order valence-electron chi connectivity index (χ0n) is 22.6. The van der Waals surface area contributed by atoms with Crippen LogP contribution in [-0.2, 0) is 7.05 Å². The van der Waals surface area contributed by atoms with Gasteiger partial charge in [-0.25, -0.2) is 0 Å². The van der Waals surface area contributed by atoms with Crippen LogP contribution in [0.4, 0.5) is 11.4 Å². The maximum Gasteiger partial charge on any atom is 0.274 e. The number of amides is 2. The summed E-state index contributed by atoms with van der Waals surface area (Å²) in [6.45, 7) is 3.06. The third-order valence-corrected chi connectivity index (χ3v) is 7.47. The molecule has 0 spiro atoms. The second-order valence-electron chi connectivity index (χ2n) is 10.2. The van der Waals surface area contributed by atoms with E-state index in [0.717, 1.165) is 27.8 Å². The Kier molecular flexibility index (Phi) is 7.53. The van der Waals surface area contributed by atoms with Crippen LogP contribution < -0.4 is 16.6 Å². The molecule has 0 aliphatic carbocycles. The van der Waals surface area contributed by atoms with Gasteiger partial charge in [-0.15, -0.1) is 0 Å². The molecule has 0 radical (unpaired) electrons. The van der Waals surface area contributed by atoms with Crippen LogP contribution in [0.5, 0.6) is 0 Å². The number of hydrogen-bond acceptors (Lipinski definition) is 5. The highest BCUT2D eigenvalue weighted by Gasteiger charge is 2.22. The summed E-state index contributed by atoms with van der Waals surface area (Å²) in [5.41, 5.74) is 11.9. The molecular formula is C32H32N4O4. The number of benzene rings is 3. The minimum atomic E-state index is -0.489. The molecular weight excluding hydrogens is 504 g/mol. The van der Waals surface area contributed by atoms with Gasteiger partial charge in [-0.05, 0) is 78.4 Å². The van der Waals surface area contributed by atoms with E-state index < -0.39 is 5.91 Å². The minimum absolute atomic E-state index is 0.0652. The van der Waals surface area contributed by atoms with Gasteiger partial charge in [-0.3, -0.25) is 14.4 Å². The average Bonchev–Trinajstić information content (AvgIpc) is 2.96. The molecule has 1 aliphatic rings. The summed E-state index contributed by atoms with van der Waals surface area (Å²) >= 11 is 0. The van der Waals surface area contributed by atoms with Gasteiger partial charge in [-0.1, -0.05) is 36.4 Å². The second kappa shape index (κ2) is 11.2. The van der Waals surface area contributed by atoms with Crippen LogP contribution in [0.3, 0.4) is 0 Å². The average molecular weight is 537 g/mol. The number of likely N-dealkylation sites (tertiary alicyclic amines) is 1. The van der Waals surface area contributed by atoms with Crippen molar-refractivity contribution in [3.63, 3.8) is 0 Å². The lowest BCUT2D eigenvalue weighted by Crippen LogP contribution is -2.40. The van der Waals surface area contributed by atoms with Crippen molar-refractivity contribution in [3.05, 3.63) is 106 Å². The van der Waals surface area contributed by atoms with Gasteiger partial charge in [0.05, 0.1) is 6.10 Å².